The van der Waals surface area contributed by atoms with E-state index in [2.05, 4.69) is 20.6 Å². The molecule has 1 aliphatic heterocycles. The van der Waals surface area contributed by atoms with Crippen LogP contribution in [0, 0.1) is 0 Å². The van der Waals surface area contributed by atoms with E-state index in [-0.39, 0.29) is 0 Å². The minimum absolute atomic E-state index is 0.453. The molecule has 1 aromatic rings. The fraction of sp³-hybridized carbons (Fsp3) is 0.556. The zero-order valence-corrected chi connectivity index (χ0v) is 8.59. The Bertz CT molecular complexity index is 299. The van der Waals surface area contributed by atoms with E-state index in [1.807, 2.05) is 0 Å². The Labute approximate surface area is 88.1 Å². The van der Waals surface area contributed by atoms with Gasteiger partial charge in [-0.2, -0.15) is 0 Å². The highest BCUT2D eigenvalue weighted by atomic mass is 35.5. The average molecular weight is 213 g/mol. The van der Waals surface area contributed by atoms with E-state index in [1.165, 1.54) is 19.2 Å². The maximum Gasteiger partial charge on any atom is 0.134 e. The smallest absolute Gasteiger partial charge is 0.134 e. The second kappa shape index (κ2) is 4.57. The van der Waals surface area contributed by atoms with Gasteiger partial charge in [0, 0.05) is 18.7 Å². The summed E-state index contributed by atoms with van der Waals surface area (Å²) in [6.07, 6.45) is 3.85. The fourth-order valence-electron chi connectivity index (χ4n) is 1.60. The van der Waals surface area contributed by atoms with Crippen LogP contribution in [0.25, 0.3) is 0 Å². The molecule has 1 fully saturated rings. The third kappa shape index (κ3) is 2.56. The van der Waals surface area contributed by atoms with Crippen molar-refractivity contribution in [1.29, 1.82) is 0 Å². The van der Waals surface area contributed by atoms with Crippen molar-refractivity contribution in [2.75, 3.05) is 18.4 Å². The first-order chi connectivity index (χ1) is 6.84. The topological polar surface area (TPSA) is 49.8 Å². The van der Waals surface area contributed by atoms with E-state index in [1.54, 1.807) is 6.07 Å². The Hall–Kier alpha value is -0.870. The van der Waals surface area contributed by atoms with Gasteiger partial charge in [0.15, 0.2) is 0 Å². The number of aromatic nitrogens is 2. The minimum Gasteiger partial charge on any atom is -0.366 e. The Morgan fingerprint density at radius 3 is 3.14 bits per heavy atom. The molecule has 14 heavy (non-hydrogen) atoms. The van der Waals surface area contributed by atoms with Crippen LogP contribution in [0.5, 0.6) is 0 Å². The number of hydrogen-bond acceptors (Lipinski definition) is 4. The number of rotatable bonds is 2. The molecule has 1 unspecified atom stereocenters. The molecule has 0 saturated carbocycles. The lowest BCUT2D eigenvalue weighted by atomic mass is 10.1. The molecule has 5 heteroatoms. The van der Waals surface area contributed by atoms with Gasteiger partial charge in [-0.1, -0.05) is 11.6 Å². The van der Waals surface area contributed by atoms with Gasteiger partial charge in [0.25, 0.3) is 0 Å². The zero-order chi connectivity index (χ0) is 9.80. The lowest BCUT2D eigenvalue weighted by molar-refractivity contribution is 0.479. The standard InChI is InChI=1S/C9H13ClN4/c10-8-4-9(13-6-12-8)14-7-2-1-3-11-5-7/h4,6-7,11H,1-3,5H2,(H,12,13,14). The van der Waals surface area contributed by atoms with Crippen molar-refractivity contribution in [2.24, 2.45) is 0 Å². The first kappa shape index (κ1) is 9.68. The lowest BCUT2D eigenvalue weighted by Gasteiger charge is -2.24. The van der Waals surface area contributed by atoms with Crippen molar-refractivity contribution in [2.45, 2.75) is 18.9 Å². The summed E-state index contributed by atoms with van der Waals surface area (Å²) in [5.41, 5.74) is 0. The molecule has 0 bridgehead atoms. The summed E-state index contributed by atoms with van der Waals surface area (Å²) in [6, 6.07) is 2.20. The molecule has 0 aliphatic carbocycles. The monoisotopic (exact) mass is 212 g/mol. The predicted molar refractivity (Wildman–Crippen MR) is 56.6 cm³/mol. The van der Waals surface area contributed by atoms with E-state index >= 15 is 0 Å². The van der Waals surface area contributed by atoms with Crippen molar-refractivity contribution in [3.63, 3.8) is 0 Å². The molecule has 0 radical (unpaired) electrons. The summed E-state index contributed by atoms with van der Waals surface area (Å²) >= 11 is 5.76. The van der Waals surface area contributed by atoms with Crippen molar-refractivity contribution >= 4 is 17.4 Å². The SMILES string of the molecule is Clc1cc(NC2CCCNC2)ncn1. The zero-order valence-electron chi connectivity index (χ0n) is 7.83. The summed E-state index contributed by atoms with van der Waals surface area (Å²) in [5.74, 6) is 0.804. The van der Waals surface area contributed by atoms with Crippen molar-refractivity contribution in [3.05, 3.63) is 17.5 Å². The van der Waals surface area contributed by atoms with Crippen LogP contribution in [0.1, 0.15) is 12.8 Å². The molecule has 2 rings (SSSR count). The molecule has 76 valence electrons. The first-order valence-electron chi connectivity index (χ1n) is 4.79. The van der Waals surface area contributed by atoms with Crippen molar-refractivity contribution < 1.29 is 0 Å². The van der Waals surface area contributed by atoms with Gasteiger partial charge in [0.05, 0.1) is 0 Å². The number of piperidine rings is 1. The maximum atomic E-state index is 5.76. The maximum absolute atomic E-state index is 5.76. The van der Waals surface area contributed by atoms with Crippen molar-refractivity contribution in [3.8, 4) is 0 Å². The van der Waals surface area contributed by atoms with E-state index in [4.69, 9.17) is 11.6 Å². The van der Waals surface area contributed by atoms with Crippen molar-refractivity contribution in [1.82, 2.24) is 15.3 Å². The third-order valence-corrected chi connectivity index (χ3v) is 2.49. The quantitative estimate of drug-likeness (QED) is 0.726. The van der Waals surface area contributed by atoms with E-state index < -0.39 is 0 Å². The molecular weight excluding hydrogens is 200 g/mol. The van der Waals surface area contributed by atoms with E-state index in [9.17, 15) is 0 Å². The predicted octanol–water partition coefficient (Wildman–Crippen LogP) is 1.29. The van der Waals surface area contributed by atoms with Gasteiger partial charge < -0.3 is 10.6 Å². The number of anilines is 1. The summed E-state index contributed by atoms with van der Waals surface area (Å²) in [4.78, 5) is 7.93. The van der Waals surface area contributed by atoms with Gasteiger partial charge >= 0.3 is 0 Å². The number of nitrogens with one attached hydrogen (secondary N) is 2. The second-order valence-electron chi connectivity index (χ2n) is 3.41. The first-order valence-corrected chi connectivity index (χ1v) is 5.17. The highest BCUT2D eigenvalue weighted by molar-refractivity contribution is 6.29. The van der Waals surface area contributed by atoms with Crippen LogP contribution in [0.4, 0.5) is 5.82 Å². The Morgan fingerprint density at radius 2 is 2.43 bits per heavy atom. The number of hydrogen-bond donors (Lipinski definition) is 2. The minimum atomic E-state index is 0.453. The number of halogens is 1. The third-order valence-electron chi connectivity index (χ3n) is 2.28. The Kier molecular flexibility index (Phi) is 3.16. The summed E-state index contributed by atoms with van der Waals surface area (Å²) in [5, 5.41) is 7.13. The molecule has 1 aromatic heterocycles. The van der Waals surface area contributed by atoms with Gasteiger partial charge in [-0.15, -0.1) is 0 Å². The summed E-state index contributed by atoms with van der Waals surface area (Å²) < 4.78 is 0. The van der Waals surface area contributed by atoms with Crippen LogP contribution in [-0.4, -0.2) is 29.1 Å². The van der Waals surface area contributed by atoms with Crippen LogP contribution >= 0.6 is 11.6 Å². The molecule has 4 nitrogen and oxygen atoms in total. The molecular formula is C9H13ClN4. The second-order valence-corrected chi connectivity index (χ2v) is 3.80. The van der Waals surface area contributed by atoms with E-state index in [0.29, 0.717) is 11.2 Å². The molecule has 2 N–H and O–H groups in total. The van der Waals surface area contributed by atoms with Gasteiger partial charge in [-0.05, 0) is 19.4 Å². The van der Waals surface area contributed by atoms with Gasteiger partial charge in [0.1, 0.15) is 17.3 Å². The number of nitrogens with zero attached hydrogens (tertiary/aromatic N) is 2. The summed E-state index contributed by atoms with van der Waals surface area (Å²) in [7, 11) is 0. The van der Waals surface area contributed by atoms with Gasteiger partial charge in [0.2, 0.25) is 0 Å². The molecule has 0 aromatic carbocycles. The normalized spacial score (nSPS) is 21.9. The molecule has 2 heterocycles. The average Bonchev–Trinajstić information content (AvgIpc) is 2.19. The van der Waals surface area contributed by atoms with Crippen LogP contribution in [-0.2, 0) is 0 Å². The lowest BCUT2D eigenvalue weighted by Crippen LogP contribution is -2.38. The van der Waals surface area contributed by atoms with Crippen LogP contribution < -0.4 is 10.6 Å². The van der Waals surface area contributed by atoms with E-state index in [0.717, 1.165) is 18.9 Å². The highest BCUT2D eigenvalue weighted by Gasteiger charge is 2.12. The molecule has 1 saturated heterocycles. The molecule has 1 atom stereocenters. The van der Waals surface area contributed by atoms with Gasteiger partial charge in [-0.25, -0.2) is 9.97 Å². The fourth-order valence-corrected chi connectivity index (χ4v) is 1.74. The van der Waals surface area contributed by atoms with Crippen LogP contribution in [0.3, 0.4) is 0 Å². The largest absolute Gasteiger partial charge is 0.366 e. The van der Waals surface area contributed by atoms with Crippen LogP contribution in [0.15, 0.2) is 12.4 Å². The highest BCUT2D eigenvalue weighted by Crippen LogP contribution is 2.12. The van der Waals surface area contributed by atoms with Crippen LogP contribution in [0.2, 0.25) is 5.15 Å². The Morgan fingerprint density at radius 1 is 1.50 bits per heavy atom. The molecule has 0 spiro atoms. The summed E-state index contributed by atoms with van der Waals surface area (Å²) in [6.45, 7) is 2.10. The molecule has 1 aliphatic rings. The van der Waals surface area contributed by atoms with Gasteiger partial charge in [-0.3, -0.25) is 0 Å². The molecule has 0 amide bonds. The Balaban J connectivity index is 1.95.